The first-order valence-corrected chi connectivity index (χ1v) is 7.41. The molecule has 0 heterocycles. The van der Waals surface area contributed by atoms with Gasteiger partial charge in [0.15, 0.2) is 0 Å². The summed E-state index contributed by atoms with van der Waals surface area (Å²) < 4.78 is 0. The van der Waals surface area contributed by atoms with Gasteiger partial charge in [0.1, 0.15) is 0 Å². The van der Waals surface area contributed by atoms with Crippen molar-refractivity contribution in [3.05, 3.63) is 90.5 Å². The van der Waals surface area contributed by atoms with Gasteiger partial charge in [0.25, 0.3) is 0 Å². The van der Waals surface area contributed by atoms with E-state index in [0.29, 0.717) is 0 Å². The molecule has 0 aliphatic carbocycles. The average molecular weight is 281 g/mol. The molecule has 0 aliphatic rings. The molecule has 0 aromatic heterocycles. The number of hydrogen-bond acceptors (Lipinski definition) is 1. The first-order chi connectivity index (χ1) is 10.9. The quantitative estimate of drug-likeness (QED) is 0.328. The van der Waals surface area contributed by atoms with E-state index in [1.54, 1.807) is 0 Å². The Hall–Kier alpha value is -2.93. The molecular weight excluding hydrogens is 266 g/mol. The standard InChI is InChI=1S/C21H15N/c1-2-7-16(8-3-1)15-22-21-12-6-11-19-18-10-5-4-9-17(18)13-14-20(19)21/h1-15H. The molecule has 0 unspecified atom stereocenters. The zero-order chi connectivity index (χ0) is 14.8. The van der Waals surface area contributed by atoms with E-state index in [1.807, 2.05) is 24.4 Å². The lowest BCUT2D eigenvalue weighted by Gasteiger charge is -2.06. The maximum atomic E-state index is 4.69. The molecule has 4 rings (SSSR count). The molecule has 4 aromatic carbocycles. The summed E-state index contributed by atoms with van der Waals surface area (Å²) in [5.74, 6) is 0. The van der Waals surface area contributed by atoms with Gasteiger partial charge in [-0.05, 0) is 27.8 Å². The maximum Gasteiger partial charge on any atom is 0.0708 e. The number of fused-ring (bicyclic) bond motifs is 3. The van der Waals surface area contributed by atoms with Crippen LogP contribution in [0.2, 0.25) is 0 Å². The molecule has 0 bridgehead atoms. The zero-order valence-electron chi connectivity index (χ0n) is 12.1. The van der Waals surface area contributed by atoms with E-state index >= 15 is 0 Å². The van der Waals surface area contributed by atoms with Crippen molar-refractivity contribution in [3.63, 3.8) is 0 Å². The lowest BCUT2D eigenvalue weighted by Crippen LogP contribution is -1.81. The molecule has 1 heteroatoms. The molecule has 22 heavy (non-hydrogen) atoms. The Balaban J connectivity index is 1.88. The van der Waals surface area contributed by atoms with Gasteiger partial charge in [0.2, 0.25) is 0 Å². The van der Waals surface area contributed by atoms with E-state index in [-0.39, 0.29) is 0 Å². The summed E-state index contributed by atoms with van der Waals surface area (Å²) in [6.07, 6.45) is 1.92. The van der Waals surface area contributed by atoms with Gasteiger partial charge in [-0.1, -0.05) is 78.9 Å². The maximum absolute atomic E-state index is 4.69. The monoisotopic (exact) mass is 281 g/mol. The van der Waals surface area contributed by atoms with Crippen LogP contribution in [-0.4, -0.2) is 6.21 Å². The molecule has 0 saturated carbocycles. The Morgan fingerprint density at radius 2 is 1.32 bits per heavy atom. The summed E-state index contributed by atoms with van der Waals surface area (Å²) in [5.41, 5.74) is 2.12. The van der Waals surface area contributed by atoms with E-state index in [1.165, 1.54) is 21.5 Å². The number of benzene rings is 4. The molecule has 0 radical (unpaired) electrons. The highest BCUT2D eigenvalue weighted by atomic mass is 14.7. The van der Waals surface area contributed by atoms with E-state index in [4.69, 9.17) is 0 Å². The van der Waals surface area contributed by atoms with E-state index in [2.05, 4.69) is 71.7 Å². The Morgan fingerprint density at radius 1 is 0.545 bits per heavy atom. The summed E-state index contributed by atoms with van der Waals surface area (Å²) >= 11 is 0. The third-order valence-corrected chi connectivity index (χ3v) is 3.92. The summed E-state index contributed by atoms with van der Waals surface area (Å²) in [6.45, 7) is 0. The molecule has 0 spiro atoms. The average Bonchev–Trinajstić information content (AvgIpc) is 2.60. The first kappa shape index (κ1) is 12.8. The van der Waals surface area contributed by atoms with Crippen molar-refractivity contribution in [2.45, 2.75) is 0 Å². The van der Waals surface area contributed by atoms with Crippen molar-refractivity contribution >= 4 is 33.4 Å². The van der Waals surface area contributed by atoms with Crippen LogP contribution >= 0.6 is 0 Å². The fraction of sp³-hybridized carbons (Fsp3) is 0. The zero-order valence-corrected chi connectivity index (χ0v) is 12.1. The molecule has 1 nitrogen and oxygen atoms in total. The number of aliphatic imine (C=N–C) groups is 1. The Morgan fingerprint density at radius 3 is 2.23 bits per heavy atom. The van der Waals surface area contributed by atoms with Gasteiger partial charge in [-0.2, -0.15) is 0 Å². The number of nitrogens with zero attached hydrogens (tertiary/aromatic N) is 1. The second-order valence-corrected chi connectivity index (χ2v) is 5.33. The van der Waals surface area contributed by atoms with E-state index < -0.39 is 0 Å². The molecule has 4 aromatic rings. The lowest BCUT2D eigenvalue weighted by atomic mass is 10.0. The molecule has 0 saturated heterocycles. The minimum Gasteiger partial charge on any atom is -0.256 e. The van der Waals surface area contributed by atoms with Gasteiger partial charge in [0, 0.05) is 11.6 Å². The Labute approximate surface area is 129 Å². The first-order valence-electron chi connectivity index (χ1n) is 7.41. The predicted molar refractivity (Wildman–Crippen MR) is 95.2 cm³/mol. The smallest absolute Gasteiger partial charge is 0.0708 e. The highest BCUT2D eigenvalue weighted by Crippen LogP contribution is 2.31. The van der Waals surface area contributed by atoms with Gasteiger partial charge in [0.05, 0.1) is 5.69 Å². The van der Waals surface area contributed by atoms with Crippen molar-refractivity contribution in [1.82, 2.24) is 0 Å². The summed E-state index contributed by atoms with van der Waals surface area (Å²) in [7, 11) is 0. The third-order valence-electron chi connectivity index (χ3n) is 3.92. The van der Waals surface area contributed by atoms with E-state index in [0.717, 1.165) is 11.3 Å². The number of rotatable bonds is 2. The topological polar surface area (TPSA) is 12.4 Å². The number of hydrogen-bond donors (Lipinski definition) is 0. The second kappa shape index (κ2) is 5.45. The SMILES string of the molecule is C(=Nc1cccc2c1ccc1ccccc12)c1ccccc1. The lowest BCUT2D eigenvalue weighted by molar-refractivity contribution is 1.56. The summed E-state index contributed by atoms with van der Waals surface area (Å²) in [4.78, 5) is 4.69. The molecule has 0 fully saturated rings. The van der Waals surface area contributed by atoms with Gasteiger partial charge in [-0.15, -0.1) is 0 Å². The van der Waals surface area contributed by atoms with Crippen LogP contribution in [0.25, 0.3) is 21.5 Å². The molecule has 104 valence electrons. The van der Waals surface area contributed by atoms with Crippen LogP contribution in [0.1, 0.15) is 5.56 Å². The van der Waals surface area contributed by atoms with Gasteiger partial charge in [-0.25, -0.2) is 0 Å². The van der Waals surface area contributed by atoms with Crippen LogP contribution in [0.4, 0.5) is 5.69 Å². The molecule has 0 atom stereocenters. The minimum atomic E-state index is 1.01. The van der Waals surface area contributed by atoms with Crippen molar-refractivity contribution in [3.8, 4) is 0 Å². The van der Waals surface area contributed by atoms with Crippen LogP contribution < -0.4 is 0 Å². The Kier molecular flexibility index (Phi) is 3.17. The third kappa shape index (κ3) is 2.27. The minimum absolute atomic E-state index is 1.01. The van der Waals surface area contributed by atoms with Crippen molar-refractivity contribution in [2.75, 3.05) is 0 Å². The second-order valence-electron chi connectivity index (χ2n) is 5.33. The van der Waals surface area contributed by atoms with Gasteiger partial charge >= 0.3 is 0 Å². The van der Waals surface area contributed by atoms with Crippen molar-refractivity contribution in [2.24, 2.45) is 4.99 Å². The molecular formula is C21H15N. The van der Waals surface area contributed by atoms with E-state index in [9.17, 15) is 0 Å². The van der Waals surface area contributed by atoms with Gasteiger partial charge < -0.3 is 0 Å². The summed E-state index contributed by atoms with van der Waals surface area (Å²) in [6, 6.07) is 29.3. The fourth-order valence-corrected chi connectivity index (χ4v) is 2.82. The predicted octanol–water partition coefficient (Wildman–Crippen LogP) is 5.74. The largest absolute Gasteiger partial charge is 0.256 e. The van der Waals surface area contributed by atoms with Crippen LogP contribution in [0.5, 0.6) is 0 Å². The molecule has 0 aliphatic heterocycles. The van der Waals surface area contributed by atoms with Crippen LogP contribution in [0.15, 0.2) is 89.9 Å². The summed E-state index contributed by atoms with van der Waals surface area (Å²) in [5, 5.41) is 4.98. The fourth-order valence-electron chi connectivity index (χ4n) is 2.82. The highest BCUT2D eigenvalue weighted by Gasteiger charge is 2.03. The molecule has 0 amide bonds. The van der Waals surface area contributed by atoms with Gasteiger partial charge in [-0.3, -0.25) is 4.99 Å². The highest BCUT2D eigenvalue weighted by molar-refractivity contribution is 6.11. The van der Waals surface area contributed by atoms with Crippen molar-refractivity contribution in [1.29, 1.82) is 0 Å². The van der Waals surface area contributed by atoms with Crippen LogP contribution in [0, 0.1) is 0 Å². The van der Waals surface area contributed by atoms with Crippen molar-refractivity contribution < 1.29 is 0 Å². The normalized spacial score (nSPS) is 11.5. The van der Waals surface area contributed by atoms with Crippen LogP contribution in [-0.2, 0) is 0 Å². The molecule has 0 N–H and O–H groups in total. The van der Waals surface area contributed by atoms with Crippen LogP contribution in [0.3, 0.4) is 0 Å². The Bertz CT molecular complexity index is 969.